The number of para-hydroxylation sites is 2. The molecule has 4 aromatic rings. The van der Waals surface area contributed by atoms with E-state index >= 15 is 0 Å². The summed E-state index contributed by atoms with van der Waals surface area (Å²) in [5.41, 5.74) is 2.59. The van der Waals surface area contributed by atoms with Crippen LogP contribution in [0.25, 0.3) is 20.4 Å². The molecule has 0 fully saturated rings. The summed E-state index contributed by atoms with van der Waals surface area (Å²) >= 11 is 9.65. The monoisotopic (exact) mass is 458 g/mol. The average Bonchev–Trinajstić information content (AvgIpc) is 2.98. The molecule has 0 atom stereocenters. The summed E-state index contributed by atoms with van der Waals surface area (Å²) in [4.78, 5) is 0. The predicted molar refractivity (Wildman–Crippen MR) is 99.6 cm³/mol. The number of aryl methyl sites for hydroxylation is 2. The number of hydrogen-bond donors (Lipinski definition) is 0. The Morgan fingerprint density at radius 2 is 1.05 bits per heavy atom. The topological polar surface area (TPSA) is 9.86 Å². The minimum absolute atomic E-state index is 1.23. The van der Waals surface area contributed by atoms with Crippen LogP contribution in [0.5, 0.6) is 0 Å². The van der Waals surface area contributed by atoms with Gasteiger partial charge < -0.3 is 0 Å². The van der Waals surface area contributed by atoms with Crippen molar-refractivity contribution in [3.8, 4) is 0 Å². The number of hydrogen-bond acceptors (Lipinski definition) is 2. The molecule has 0 spiro atoms. The van der Waals surface area contributed by atoms with Gasteiger partial charge in [0.05, 0.1) is 0 Å². The molecule has 0 radical (unpaired) electrons. The van der Waals surface area contributed by atoms with Gasteiger partial charge in [0.1, 0.15) is 0 Å². The Morgan fingerprint density at radius 1 is 0.682 bits per heavy atom. The van der Waals surface area contributed by atoms with Crippen LogP contribution < -0.4 is 0 Å². The first-order valence-corrected chi connectivity index (χ1v) is 10.0. The zero-order chi connectivity index (χ0) is 15.7. The molecule has 2 nitrogen and oxygen atoms in total. The van der Waals surface area contributed by atoms with Gasteiger partial charge >= 0.3 is 153 Å². The van der Waals surface area contributed by atoms with Crippen LogP contribution >= 0.6 is 22.7 Å². The van der Waals surface area contributed by atoms with E-state index in [1.165, 1.54) is 27.4 Å². The van der Waals surface area contributed by atoms with Crippen LogP contribution in [-0.2, 0) is 14.1 Å². The first kappa shape index (κ1) is 16.1. The maximum absolute atomic E-state index is 3.04. The van der Waals surface area contributed by atoms with Gasteiger partial charge in [0, 0.05) is 0 Å². The number of nitrogens with zero attached hydrogens (tertiary/aromatic N) is 2. The van der Waals surface area contributed by atoms with Gasteiger partial charge in [-0.2, -0.15) is 0 Å². The van der Waals surface area contributed by atoms with E-state index in [4.69, 9.17) is 0 Å². The molecule has 2 aromatic heterocycles. The van der Waals surface area contributed by atoms with Crippen LogP contribution in [0.15, 0.2) is 48.5 Å². The van der Waals surface area contributed by atoms with Crippen molar-refractivity contribution in [1.29, 1.82) is 0 Å². The predicted octanol–water partition coefficient (Wildman–Crippen LogP) is 3.88. The molecule has 0 amide bonds. The summed E-state index contributed by atoms with van der Waals surface area (Å²) in [5.74, 6) is 0. The van der Waals surface area contributed by atoms with E-state index in [0.29, 0.717) is 0 Å². The van der Waals surface area contributed by atoms with Crippen molar-refractivity contribution in [2.45, 2.75) is 0 Å². The normalized spacial score (nSPS) is 10.6. The van der Waals surface area contributed by atoms with Gasteiger partial charge in [0.15, 0.2) is 0 Å². The molecular formula is C16H14N2S2Se2. The van der Waals surface area contributed by atoms with E-state index in [-0.39, 0.29) is 0 Å². The van der Waals surface area contributed by atoms with Crippen LogP contribution in [0.1, 0.15) is 0 Å². The van der Waals surface area contributed by atoms with Crippen molar-refractivity contribution < 1.29 is 0 Å². The maximum atomic E-state index is 3.04. The number of rotatable bonds is 0. The Balaban J connectivity index is 0.000000131. The molecule has 0 bridgehead atoms. The second-order valence-electron chi connectivity index (χ2n) is 4.79. The van der Waals surface area contributed by atoms with Gasteiger partial charge in [-0.05, 0) is 0 Å². The molecule has 6 heteroatoms. The minimum atomic E-state index is 1.23. The van der Waals surface area contributed by atoms with Gasteiger partial charge in [-0.3, -0.25) is 0 Å². The van der Waals surface area contributed by atoms with E-state index in [0.717, 1.165) is 0 Å². The van der Waals surface area contributed by atoms with Gasteiger partial charge in [-0.25, -0.2) is 0 Å². The quantitative estimate of drug-likeness (QED) is 0.356. The average molecular weight is 456 g/mol. The SMILES string of the molecule is Cn1c(=[Se])sc2ccccc21.Cn1c(=[Se])sc2ccccc21. The Labute approximate surface area is 152 Å². The molecular weight excluding hydrogens is 442 g/mol. The molecule has 0 aliphatic heterocycles. The summed E-state index contributed by atoms with van der Waals surface area (Å²) in [6.45, 7) is 0. The number of fused-ring (bicyclic) bond motifs is 2. The van der Waals surface area contributed by atoms with Crippen molar-refractivity contribution in [3.05, 3.63) is 55.5 Å². The summed E-state index contributed by atoms with van der Waals surface area (Å²) in [6, 6.07) is 16.8. The summed E-state index contributed by atoms with van der Waals surface area (Å²) < 4.78 is 9.46. The van der Waals surface area contributed by atoms with E-state index in [1.807, 2.05) is 0 Å². The second kappa shape index (κ2) is 6.79. The molecule has 0 aliphatic rings. The molecule has 0 saturated carbocycles. The Hall–Kier alpha value is -0.741. The van der Waals surface area contributed by atoms with Gasteiger partial charge in [-0.15, -0.1) is 0 Å². The van der Waals surface area contributed by atoms with Crippen molar-refractivity contribution in [2.24, 2.45) is 14.1 Å². The Morgan fingerprint density at radius 3 is 1.41 bits per heavy atom. The Kier molecular flexibility index (Phi) is 4.98. The van der Waals surface area contributed by atoms with Crippen molar-refractivity contribution >= 4 is 74.3 Å². The third kappa shape index (κ3) is 3.13. The number of aromatic nitrogens is 2. The van der Waals surface area contributed by atoms with Crippen LogP contribution in [-0.4, -0.2) is 40.3 Å². The third-order valence-electron chi connectivity index (χ3n) is 3.40. The van der Waals surface area contributed by atoms with Gasteiger partial charge in [0.2, 0.25) is 0 Å². The van der Waals surface area contributed by atoms with Gasteiger partial charge in [0.25, 0.3) is 0 Å². The van der Waals surface area contributed by atoms with Crippen LogP contribution in [0.2, 0.25) is 0 Å². The van der Waals surface area contributed by atoms with Crippen molar-refractivity contribution in [1.82, 2.24) is 9.13 Å². The summed E-state index contributed by atoms with van der Waals surface area (Å²) in [6.07, 6.45) is 0. The van der Waals surface area contributed by atoms with Gasteiger partial charge in [-0.1, -0.05) is 0 Å². The standard InChI is InChI=1S/2C8H7NSSe/c2*1-9-6-4-2-3-5-7(6)10-8(9)11/h2*2-5H,1H3. The van der Waals surface area contributed by atoms with E-state index < -0.39 is 0 Å². The van der Waals surface area contributed by atoms with Crippen LogP contribution in [0.4, 0.5) is 0 Å². The summed E-state index contributed by atoms with van der Waals surface area (Å²) in [5, 5.41) is 0. The van der Waals surface area contributed by atoms with E-state index in [1.54, 1.807) is 22.7 Å². The first-order valence-electron chi connectivity index (χ1n) is 6.67. The zero-order valence-electron chi connectivity index (χ0n) is 12.1. The molecule has 4 rings (SSSR count). The molecule has 22 heavy (non-hydrogen) atoms. The number of benzene rings is 2. The molecule has 0 aliphatic carbocycles. The molecule has 0 unspecified atom stereocenters. The zero-order valence-corrected chi connectivity index (χ0v) is 17.2. The number of thiazole rings is 2. The Bertz CT molecular complexity index is 967. The molecule has 2 heterocycles. The fourth-order valence-electron chi connectivity index (χ4n) is 2.16. The molecule has 112 valence electrons. The van der Waals surface area contributed by atoms with E-state index in [2.05, 4.69) is 103 Å². The van der Waals surface area contributed by atoms with Crippen molar-refractivity contribution in [3.63, 3.8) is 0 Å². The fourth-order valence-corrected chi connectivity index (χ4v) is 5.46. The first-order chi connectivity index (χ1) is 10.6. The van der Waals surface area contributed by atoms with Crippen LogP contribution in [0, 0.1) is 7.01 Å². The van der Waals surface area contributed by atoms with Crippen molar-refractivity contribution in [2.75, 3.05) is 0 Å². The summed E-state index contributed by atoms with van der Waals surface area (Å²) in [7, 11) is 4.15. The molecule has 0 N–H and O–H groups in total. The van der Waals surface area contributed by atoms with Crippen LogP contribution in [0.3, 0.4) is 0 Å². The van der Waals surface area contributed by atoms with E-state index in [9.17, 15) is 0 Å². The second-order valence-corrected chi connectivity index (χ2v) is 9.64. The molecule has 2 aromatic carbocycles. The fraction of sp³-hybridized carbons (Fsp3) is 0.125. The molecule has 0 saturated heterocycles. The third-order valence-corrected chi connectivity index (χ3v) is 7.62.